The van der Waals surface area contributed by atoms with E-state index in [1.807, 2.05) is 41.8 Å². The first-order valence-electron chi connectivity index (χ1n) is 8.81. The van der Waals surface area contributed by atoms with Gasteiger partial charge in [-0.05, 0) is 24.6 Å². The summed E-state index contributed by atoms with van der Waals surface area (Å²) >= 11 is 13.9. The summed E-state index contributed by atoms with van der Waals surface area (Å²) in [5.74, 6) is 0.107. The molecule has 0 bridgehead atoms. The Labute approximate surface area is 172 Å². The van der Waals surface area contributed by atoms with E-state index in [1.165, 1.54) is 11.3 Å². The molecule has 2 aromatic heterocycles. The van der Waals surface area contributed by atoms with Crippen LogP contribution in [0.3, 0.4) is 0 Å². The molecule has 142 valence electrons. The minimum Gasteiger partial charge on any atom is -0.335 e. The summed E-state index contributed by atoms with van der Waals surface area (Å²) in [6.07, 6.45) is 0. The summed E-state index contributed by atoms with van der Waals surface area (Å²) < 4.78 is 1.85. The summed E-state index contributed by atoms with van der Waals surface area (Å²) in [5, 5.41) is 6.67. The van der Waals surface area contributed by atoms with Crippen molar-refractivity contribution >= 4 is 50.7 Å². The van der Waals surface area contributed by atoms with Crippen LogP contribution in [0, 0.1) is 6.92 Å². The van der Waals surface area contributed by atoms with Crippen LogP contribution in [0.2, 0.25) is 10.0 Å². The molecule has 0 saturated carbocycles. The third-order valence-corrected chi connectivity index (χ3v) is 7.04. The Morgan fingerprint density at radius 3 is 2.67 bits per heavy atom. The molecule has 1 aliphatic rings. The highest BCUT2D eigenvalue weighted by atomic mass is 35.5. The summed E-state index contributed by atoms with van der Waals surface area (Å²) in [6, 6.07) is 7.69. The maximum atomic E-state index is 12.9. The number of carbonyl (C=O) groups excluding carboxylic acids is 1. The number of piperazine rings is 1. The molecule has 8 heteroatoms. The Kier molecular flexibility index (Phi) is 5.16. The minimum atomic E-state index is 0.107. The molecule has 0 atom stereocenters. The SMILES string of the molecule is Cc1nn(C)c2sc(C(=O)N3CCN(Cc4cccc(Cl)c4Cl)CC3)cc12. The van der Waals surface area contributed by atoms with Gasteiger partial charge in [0, 0.05) is 45.2 Å². The lowest BCUT2D eigenvalue weighted by Crippen LogP contribution is -2.48. The number of aromatic nitrogens is 2. The van der Waals surface area contributed by atoms with Crippen molar-refractivity contribution in [2.24, 2.45) is 7.05 Å². The molecule has 0 N–H and O–H groups in total. The zero-order valence-corrected chi connectivity index (χ0v) is 17.5. The van der Waals surface area contributed by atoms with Crippen LogP contribution in [0.1, 0.15) is 20.9 Å². The van der Waals surface area contributed by atoms with Gasteiger partial charge in [0.1, 0.15) is 4.83 Å². The average Bonchev–Trinajstić information content (AvgIpc) is 3.21. The van der Waals surface area contributed by atoms with E-state index in [2.05, 4.69) is 10.00 Å². The highest BCUT2D eigenvalue weighted by molar-refractivity contribution is 7.20. The lowest BCUT2D eigenvalue weighted by molar-refractivity contribution is 0.0633. The lowest BCUT2D eigenvalue weighted by Gasteiger charge is -2.34. The van der Waals surface area contributed by atoms with Crippen molar-refractivity contribution in [2.75, 3.05) is 26.2 Å². The molecule has 3 heterocycles. The number of fused-ring (bicyclic) bond motifs is 1. The zero-order chi connectivity index (χ0) is 19.1. The van der Waals surface area contributed by atoms with Gasteiger partial charge in [0.25, 0.3) is 5.91 Å². The number of rotatable bonds is 3. The predicted octanol–water partition coefficient (Wildman–Crippen LogP) is 4.21. The number of thiophene rings is 1. The van der Waals surface area contributed by atoms with Crippen molar-refractivity contribution in [2.45, 2.75) is 13.5 Å². The molecule has 0 spiro atoms. The van der Waals surface area contributed by atoms with E-state index in [9.17, 15) is 4.79 Å². The summed E-state index contributed by atoms with van der Waals surface area (Å²) in [5.41, 5.74) is 1.99. The number of hydrogen-bond acceptors (Lipinski definition) is 4. The first kappa shape index (κ1) is 18.7. The molecular weight excluding hydrogens is 403 g/mol. The number of halogens is 2. The fraction of sp³-hybridized carbons (Fsp3) is 0.368. The molecule has 0 radical (unpaired) electrons. The molecule has 1 aliphatic heterocycles. The van der Waals surface area contributed by atoms with Crippen LogP contribution in [-0.4, -0.2) is 51.7 Å². The second-order valence-electron chi connectivity index (χ2n) is 6.82. The molecule has 4 rings (SSSR count). The van der Waals surface area contributed by atoms with Crippen LogP contribution in [0.5, 0.6) is 0 Å². The average molecular weight is 423 g/mol. The lowest BCUT2D eigenvalue weighted by atomic mass is 10.2. The largest absolute Gasteiger partial charge is 0.335 e. The van der Waals surface area contributed by atoms with E-state index >= 15 is 0 Å². The Bertz CT molecular complexity index is 970. The Morgan fingerprint density at radius 1 is 1.22 bits per heavy atom. The Hall–Kier alpha value is -1.60. The molecular formula is C19H20Cl2N4OS. The molecule has 27 heavy (non-hydrogen) atoms. The molecule has 1 aromatic carbocycles. The number of nitrogens with zero attached hydrogens (tertiary/aromatic N) is 4. The topological polar surface area (TPSA) is 41.4 Å². The van der Waals surface area contributed by atoms with Crippen molar-refractivity contribution in [1.82, 2.24) is 19.6 Å². The van der Waals surface area contributed by atoms with Crippen molar-refractivity contribution in [3.8, 4) is 0 Å². The zero-order valence-electron chi connectivity index (χ0n) is 15.2. The van der Waals surface area contributed by atoms with Crippen LogP contribution in [0.25, 0.3) is 10.2 Å². The molecule has 1 saturated heterocycles. The van der Waals surface area contributed by atoms with Gasteiger partial charge in [-0.1, -0.05) is 35.3 Å². The highest BCUT2D eigenvalue weighted by Crippen LogP contribution is 2.29. The van der Waals surface area contributed by atoms with Crippen molar-refractivity contribution in [3.05, 3.63) is 50.4 Å². The van der Waals surface area contributed by atoms with Crippen LogP contribution < -0.4 is 0 Å². The third-order valence-electron chi connectivity index (χ3n) is 4.99. The van der Waals surface area contributed by atoms with Crippen molar-refractivity contribution in [1.29, 1.82) is 0 Å². The van der Waals surface area contributed by atoms with Gasteiger partial charge in [-0.15, -0.1) is 11.3 Å². The molecule has 0 unspecified atom stereocenters. The van der Waals surface area contributed by atoms with Crippen molar-refractivity contribution < 1.29 is 4.79 Å². The van der Waals surface area contributed by atoms with E-state index < -0.39 is 0 Å². The van der Waals surface area contributed by atoms with Gasteiger partial charge in [-0.3, -0.25) is 14.4 Å². The fourth-order valence-electron chi connectivity index (χ4n) is 3.49. The number of benzene rings is 1. The van der Waals surface area contributed by atoms with E-state index in [1.54, 1.807) is 6.07 Å². The number of hydrogen-bond donors (Lipinski definition) is 0. The van der Waals surface area contributed by atoms with Gasteiger partial charge in [0.05, 0.1) is 20.6 Å². The van der Waals surface area contributed by atoms with E-state index in [-0.39, 0.29) is 5.91 Å². The first-order chi connectivity index (χ1) is 12.9. The van der Waals surface area contributed by atoms with Gasteiger partial charge in [-0.25, -0.2) is 0 Å². The fourth-order valence-corrected chi connectivity index (χ4v) is 4.96. The van der Waals surface area contributed by atoms with Crippen LogP contribution in [0.4, 0.5) is 0 Å². The van der Waals surface area contributed by atoms with Crippen LogP contribution in [-0.2, 0) is 13.6 Å². The number of aryl methyl sites for hydroxylation is 2. The smallest absolute Gasteiger partial charge is 0.264 e. The summed E-state index contributed by atoms with van der Waals surface area (Å²) in [6.45, 7) is 5.78. The van der Waals surface area contributed by atoms with Crippen molar-refractivity contribution in [3.63, 3.8) is 0 Å². The van der Waals surface area contributed by atoms with Gasteiger partial charge < -0.3 is 4.90 Å². The first-order valence-corrected chi connectivity index (χ1v) is 10.4. The molecule has 1 fully saturated rings. The third kappa shape index (κ3) is 3.59. The quantitative estimate of drug-likeness (QED) is 0.634. The number of carbonyl (C=O) groups is 1. The Morgan fingerprint density at radius 2 is 1.96 bits per heavy atom. The van der Waals surface area contributed by atoms with E-state index in [4.69, 9.17) is 23.2 Å². The predicted molar refractivity (Wildman–Crippen MR) is 111 cm³/mol. The molecule has 5 nitrogen and oxygen atoms in total. The number of amides is 1. The standard InChI is InChI=1S/C19H20Cl2N4OS/c1-12-14-10-16(27-19(14)23(2)22-12)18(26)25-8-6-24(7-9-25)11-13-4-3-5-15(20)17(13)21/h3-5,10H,6-9,11H2,1-2H3. The van der Waals surface area contributed by atoms with Crippen LogP contribution >= 0.6 is 34.5 Å². The monoisotopic (exact) mass is 422 g/mol. The van der Waals surface area contributed by atoms with Gasteiger partial charge in [-0.2, -0.15) is 5.10 Å². The molecule has 0 aliphatic carbocycles. The maximum Gasteiger partial charge on any atom is 0.264 e. The van der Waals surface area contributed by atoms with E-state index in [0.717, 1.165) is 46.0 Å². The molecule has 1 amide bonds. The maximum absolute atomic E-state index is 12.9. The normalized spacial score (nSPS) is 15.6. The second kappa shape index (κ2) is 7.43. The van der Waals surface area contributed by atoms with Gasteiger partial charge in [0.2, 0.25) is 0 Å². The minimum absolute atomic E-state index is 0.107. The summed E-state index contributed by atoms with van der Waals surface area (Å²) in [4.78, 5) is 19.0. The highest BCUT2D eigenvalue weighted by Gasteiger charge is 2.25. The van der Waals surface area contributed by atoms with Gasteiger partial charge in [0.15, 0.2) is 0 Å². The van der Waals surface area contributed by atoms with Crippen LogP contribution in [0.15, 0.2) is 24.3 Å². The molecule has 3 aromatic rings. The van der Waals surface area contributed by atoms with E-state index in [0.29, 0.717) is 23.1 Å². The van der Waals surface area contributed by atoms with Gasteiger partial charge >= 0.3 is 0 Å². The summed E-state index contributed by atoms with van der Waals surface area (Å²) in [7, 11) is 1.92. The Balaban J connectivity index is 1.41. The second-order valence-corrected chi connectivity index (χ2v) is 8.64.